The van der Waals surface area contributed by atoms with Crippen LogP contribution < -0.4 is 5.32 Å². The molecule has 1 saturated carbocycles. The van der Waals surface area contributed by atoms with Crippen molar-refractivity contribution >= 4 is 23.2 Å². The predicted octanol–water partition coefficient (Wildman–Crippen LogP) is 2.30. The minimum absolute atomic E-state index is 0.0646. The Morgan fingerprint density at radius 2 is 2.00 bits per heavy atom. The van der Waals surface area contributed by atoms with Crippen molar-refractivity contribution in [2.75, 3.05) is 5.32 Å². The summed E-state index contributed by atoms with van der Waals surface area (Å²) in [5.41, 5.74) is -0.636. The zero-order valence-electron chi connectivity index (χ0n) is 9.64. The lowest BCUT2D eigenvalue weighted by Gasteiger charge is -2.26. The molecule has 1 fully saturated rings. The van der Waals surface area contributed by atoms with Crippen LogP contribution in [0.25, 0.3) is 0 Å². The summed E-state index contributed by atoms with van der Waals surface area (Å²) in [7, 11) is 0. The van der Waals surface area contributed by atoms with Crippen LogP contribution in [0.15, 0.2) is 0 Å². The van der Waals surface area contributed by atoms with Crippen molar-refractivity contribution in [1.82, 2.24) is 9.97 Å². The lowest BCUT2D eigenvalue weighted by Crippen LogP contribution is -2.39. The molecule has 0 radical (unpaired) electrons. The standard InChI is InChI=1S/C11H9ClF3N3O/c12-9-16-6(4-11(13,14)15)5-3-7(19)10(1-2-10)18-8(5)17-9/h1-4H2,(H,16,17,18). The Labute approximate surface area is 111 Å². The van der Waals surface area contributed by atoms with Gasteiger partial charge in [0.15, 0.2) is 5.78 Å². The monoisotopic (exact) mass is 291 g/mol. The molecule has 19 heavy (non-hydrogen) atoms. The minimum Gasteiger partial charge on any atom is -0.357 e. The molecule has 1 aliphatic carbocycles. The van der Waals surface area contributed by atoms with Crippen LogP contribution >= 0.6 is 11.6 Å². The number of nitrogens with one attached hydrogen (secondary N) is 1. The van der Waals surface area contributed by atoms with Gasteiger partial charge in [-0.05, 0) is 24.4 Å². The summed E-state index contributed by atoms with van der Waals surface area (Å²) < 4.78 is 37.5. The highest BCUT2D eigenvalue weighted by Crippen LogP contribution is 2.45. The predicted molar refractivity (Wildman–Crippen MR) is 61.1 cm³/mol. The number of halogens is 4. The zero-order valence-corrected chi connectivity index (χ0v) is 10.4. The number of carbonyl (C=O) groups is 1. The number of carbonyl (C=O) groups excluding carboxylic acids is 1. The second-order valence-corrected chi connectivity index (χ2v) is 5.20. The van der Waals surface area contributed by atoms with Gasteiger partial charge in [-0.15, -0.1) is 0 Å². The first-order valence-electron chi connectivity index (χ1n) is 5.73. The molecule has 0 atom stereocenters. The number of fused-ring (bicyclic) bond motifs is 1. The molecule has 1 aromatic heterocycles. The van der Waals surface area contributed by atoms with Crippen molar-refractivity contribution in [3.63, 3.8) is 0 Å². The van der Waals surface area contributed by atoms with Crippen LogP contribution in [-0.4, -0.2) is 27.5 Å². The van der Waals surface area contributed by atoms with Crippen molar-refractivity contribution in [2.24, 2.45) is 0 Å². The molecule has 0 unspecified atom stereocenters. The van der Waals surface area contributed by atoms with Gasteiger partial charge in [-0.2, -0.15) is 13.2 Å². The van der Waals surface area contributed by atoms with Crippen LogP contribution in [0.2, 0.25) is 5.28 Å². The number of rotatable bonds is 1. The maximum Gasteiger partial charge on any atom is 0.394 e. The van der Waals surface area contributed by atoms with E-state index in [0.29, 0.717) is 12.8 Å². The largest absolute Gasteiger partial charge is 0.394 e. The van der Waals surface area contributed by atoms with E-state index in [-0.39, 0.29) is 34.6 Å². The fourth-order valence-electron chi connectivity index (χ4n) is 2.28. The third-order valence-electron chi connectivity index (χ3n) is 3.41. The Morgan fingerprint density at radius 1 is 1.32 bits per heavy atom. The van der Waals surface area contributed by atoms with E-state index >= 15 is 0 Å². The lowest BCUT2D eigenvalue weighted by molar-refractivity contribution is -0.128. The number of aromatic nitrogens is 2. The second-order valence-electron chi connectivity index (χ2n) is 4.87. The highest BCUT2D eigenvalue weighted by atomic mass is 35.5. The molecule has 8 heteroatoms. The molecule has 0 bridgehead atoms. The molecule has 102 valence electrons. The van der Waals surface area contributed by atoms with Crippen molar-refractivity contribution in [1.29, 1.82) is 0 Å². The van der Waals surface area contributed by atoms with Crippen LogP contribution in [0.1, 0.15) is 24.1 Å². The summed E-state index contributed by atoms with van der Waals surface area (Å²) >= 11 is 5.65. The fourth-order valence-corrected chi connectivity index (χ4v) is 2.47. The van der Waals surface area contributed by atoms with E-state index in [9.17, 15) is 18.0 Å². The van der Waals surface area contributed by atoms with E-state index in [1.54, 1.807) is 0 Å². The highest BCUT2D eigenvalue weighted by Gasteiger charge is 2.52. The maximum atomic E-state index is 12.5. The Balaban J connectivity index is 2.03. The first-order valence-corrected chi connectivity index (χ1v) is 6.10. The number of nitrogens with zero attached hydrogens (tertiary/aromatic N) is 2. The summed E-state index contributed by atoms with van der Waals surface area (Å²) in [5.74, 6) is 0.158. The maximum absolute atomic E-state index is 12.5. The fraction of sp³-hybridized carbons (Fsp3) is 0.545. The molecule has 2 aliphatic rings. The van der Waals surface area contributed by atoms with Crippen LogP contribution in [0.5, 0.6) is 0 Å². The summed E-state index contributed by atoms with van der Waals surface area (Å²) in [4.78, 5) is 19.4. The van der Waals surface area contributed by atoms with Crippen LogP contribution in [0.3, 0.4) is 0 Å². The van der Waals surface area contributed by atoms with E-state index in [1.807, 2.05) is 0 Å². The summed E-state index contributed by atoms with van der Waals surface area (Å²) in [5, 5.41) is 2.67. The first-order chi connectivity index (χ1) is 8.79. The normalized spacial score (nSPS) is 20.1. The molecule has 4 nitrogen and oxygen atoms in total. The molecular formula is C11H9ClF3N3O. The third-order valence-corrected chi connectivity index (χ3v) is 3.58. The molecule has 0 aromatic carbocycles. The van der Waals surface area contributed by atoms with E-state index in [4.69, 9.17) is 11.6 Å². The Bertz CT molecular complexity index is 569. The van der Waals surface area contributed by atoms with Gasteiger partial charge in [-0.25, -0.2) is 9.97 Å². The van der Waals surface area contributed by atoms with Gasteiger partial charge >= 0.3 is 6.18 Å². The van der Waals surface area contributed by atoms with Gasteiger partial charge in [-0.1, -0.05) is 0 Å². The average molecular weight is 292 g/mol. The van der Waals surface area contributed by atoms with Gasteiger partial charge in [0.2, 0.25) is 5.28 Å². The molecule has 1 N–H and O–H groups in total. The number of alkyl halides is 3. The number of hydrogen-bond donors (Lipinski definition) is 1. The van der Waals surface area contributed by atoms with Crippen molar-refractivity contribution in [3.8, 4) is 0 Å². The number of anilines is 1. The van der Waals surface area contributed by atoms with Gasteiger partial charge in [0.1, 0.15) is 5.82 Å². The number of hydrogen-bond acceptors (Lipinski definition) is 4. The molecule has 1 aromatic rings. The van der Waals surface area contributed by atoms with Crippen molar-refractivity contribution in [2.45, 2.75) is 37.4 Å². The molecule has 1 aliphatic heterocycles. The van der Waals surface area contributed by atoms with Gasteiger partial charge < -0.3 is 5.32 Å². The summed E-state index contributed by atoms with van der Waals surface area (Å²) in [6, 6.07) is 0. The second kappa shape index (κ2) is 3.82. The average Bonchev–Trinajstić information content (AvgIpc) is 3.00. The van der Waals surface area contributed by atoms with E-state index < -0.39 is 18.1 Å². The van der Waals surface area contributed by atoms with E-state index in [2.05, 4.69) is 15.3 Å². The number of Topliss-reactive ketones (excluding diaryl/α,β-unsaturated/α-hetero) is 1. The van der Waals surface area contributed by atoms with Crippen LogP contribution in [0.4, 0.5) is 19.0 Å². The van der Waals surface area contributed by atoms with Crippen LogP contribution in [0, 0.1) is 0 Å². The van der Waals surface area contributed by atoms with Gasteiger partial charge in [0.25, 0.3) is 0 Å². The lowest BCUT2D eigenvalue weighted by atomic mass is 9.95. The molecule has 0 amide bonds. The van der Waals surface area contributed by atoms with E-state index in [1.165, 1.54) is 0 Å². The zero-order chi connectivity index (χ0) is 13.8. The minimum atomic E-state index is -4.40. The van der Waals surface area contributed by atoms with Crippen molar-refractivity contribution < 1.29 is 18.0 Å². The first kappa shape index (κ1) is 12.7. The van der Waals surface area contributed by atoms with Crippen molar-refractivity contribution in [3.05, 3.63) is 16.5 Å². The Morgan fingerprint density at radius 3 is 2.58 bits per heavy atom. The SMILES string of the molecule is O=C1Cc2c(CC(F)(F)F)nc(Cl)nc2NC12CC2. The topological polar surface area (TPSA) is 54.9 Å². The van der Waals surface area contributed by atoms with Crippen LogP contribution in [-0.2, 0) is 17.6 Å². The number of ketones is 1. The quantitative estimate of drug-likeness (QED) is 0.807. The Hall–Kier alpha value is -1.37. The molecule has 3 rings (SSSR count). The summed E-state index contributed by atoms with van der Waals surface area (Å²) in [6.45, 7) is 0. The highest BCUT2D eigenvalue weighted by molar-refractivity contribution is 6.28. The van der Waals surface area contributed by atoms with E-state index in [0.717, 1.165) is 0 Å². The van der Waals surface area contributed by atoms with Gasteiger partial charge in [0.05, 0.1) is 17.7 Å². The van der Waals surface area contributed by atoms with Gasteiger partial charge in [0, 0.05) is 12.0 Å². The molecule has 2 heterocycles. The smallest absolute Gasteiger partial charge is 0.357 e. The molecular weight excluding hydrogens is 283 g/mol. The van der Waals surface area contributed by atoms with Gasteiger partial charge in [-0.3, -0.25) is 4.79 Å². The molecule has 1 spiro atoms. The summed E-state index contributed by atoms with van der Waals surface area (Å²) in [6.07, 6.45) is -4.31. The Kier molecular flexibility index (Phi) is 2.54. The molecule has 0 saturated heterocycles. The third kappa shape index (κ3) is 2.27.